The van der Waals surface area contributed by atoms with E-state index in [9.17, 15) is 13.2 Å². The lowest BCUT2D eigenvalue weighted by Crippen LogP contribution is -2.52. The third kappa shape index (κ3) is 4.01. The number of hydrogen-bond acceptors (Lipinski definition) is 6. The van der Waals surface area contributed by atoms with Crippen molar-refractivity contribution < 1.29 is 27.3 Å². The molecule has 1 aliphatic rings. The number of rotatable bonds is 3. The van der Waals surface area contributed by atoms with E-state index in [4.69, 9.17) is 9.47 Å². The first-order valence-corrected chi connectivity index (χ1v) is 11.6. The van der Waals surface area contributed by atoms with E-state index in [-0.39, 0.29) is 16.7 Å². The standard InChI is InChI=1S/C19H27N2O5S2/c1-18(2,3)26-16(22)21-13(11-25-19(21,4)5)12-28(23,24)17-20(6)14-9-7-8-10-15(14)27-17/h7-10,13H,11-12H2,1-6H3/q+1. The van der Waals surface area contributed by atoms with Crippen LogP contribution < -0.4 is 4.57 Å². The number of para-hydroxylation sites is 1. The first-order chi connectivity index (χ1) is 12.8. The third-order valence-corrected chi connectivity index (χ3v) is 8.20. The number of thiazole rings is 1. The van der Waals surface area contributed by atoms with Crippen LogP contribution in [0.4, 0.5) is 4.79 Å². The monoisotopic (exact) mass is 427 g/mol. The van der Waals surface area contributed by atoms with Crippen LogP contribution in [-0.2, 0) is 26.4 Å². The Hall–Kier alpha value is -1.71. The molecule has 0 bridgehead atoms. The van der Waals surface area contributed by atoms with Crippen molar-refractivity contribution in [1.82, 2.24) is 4.90 Å². The molecule has 1 atom stereocenters. The molecule has 1 aliphatic heterocycles. The fourth-order valence-corrected chi connectivity index (χ4v) is 6.64. The van der Waals surface area contributed by atoms with E-state index >= 15 is 0 Å². The molecule has 28 heavy (non-hydrogen) atoms. The van der Waals surface area contributed by atoms with Gasteiger partial charge < -0.3 is 9.47 Å². The number of aromatic nitrogens is 1. The van der Waals surface area contributed by atoms with Crippen LogP contribution in [-0.4, -0.2) is 49.1 Å². The fourth-order valence-electron chi connectivity index (χ4n) is 3.36. The van der Waals surface area contributed by atoms with Crippen molar-refractivity contribution in [3.63, 3.8) is 0 Å². The van der Waals surface area contributed by atoms with Gasteiger partial charge in [-0.1, -0.05) is 12.1 Å². The molecule has 0 aliphatic carbocycles. The molecule has 1 amide bonds. The predicted octanol–water partition coefficient (Wildman–Crippen LogP) is 2.87. The van der Waals surface area contributed by atoms with Gasteiger partial charge in [0.25, 0.3) is 0 Å². The normalized spacial score (nSPS) is 19.9. The number of sulfone groups is 1. The zero-order valence-corrected chi connectivity index (χ0v) is 18.7. The van der Waals surface area contributed by atoms with Gasteiger partial charge in [-0.3, -0.25) is 4.90 Å². The molecule has 2 aromatic rings. The van der Waals surface area contributed by atoms with Crippen molar-refractivity contribution in [2.24, 2.45) is 7.05 Å². The minimum atomic E-state index is -3.64. The molecule has 1 saturated heterocycles. The fraction of sp³-hybridized carbons (Fsp3) is 0.579. The first-order valence-electron chi connectivity index (χ1n) is 9.08. The Morgan fingerprint density at radius 2 is 2.00 bits per heavy atom. The van der Waals surface area contributed by atoms with E-state index in [0.717, 1.165) is 10.2 Å². The van der Waals surface area contributed by atoms with Crippen LogP contribution in [0, 0.1) is 0 Å². The van der Waals surface area contributed by atoms with Crippen molar-refractivity contribution in [2.45, 2.75) is 56.3 Å². The maximum absolute atomic E-state index is 13.2. The summed E-state index contributed by atoms with van der Waals surface area (Å²) in [7, 11) is -1.90. The van der Waals surface area contributed by atoms with E-state index in [1.54, 1.807) is 46.2 Å². The highest BCUT2D eigenvalue weighted by molar-refractivity contribution is 7.93. The minimum Gasteiger partial charge on any atom is -0.444 e. The Bertz CT molecular complexity index is 1000. The van der Waals surface area contributed by atoms with Crippen molar-refractivity contribution in [3.8, 4) is 0 Å². The average Bonchev–Trinajstić information content (AvgIpc) is 3.03. The lowest BCUT2D eigenvalue weighted by Gasteiger charge is -2.34. The highest BCUT2D eigenvalue weighted by atomic mass is 32.2. The molecule has 0 radical (unpaired) electrons. The van der Waals surface area contributed by atoms with Gasteiger partial charge in [-0.25, -0.2) is 13.2 Å². The Kier molecular flexibility index (Phi) is 5.23. The maximum Gasteiger partial charge on any atom is 0.412 e. The molecule has 154 valence electrons. The Morgan fingerprint density at radius 1 is 1.36 bits per heavy atom. The van der Waals surface area contributed by atoms with Crippen LogP contribution in [0.3, 0.4) is 0 Å². The van der Waals surface area contributed by atoms with Gasteiger partial charge in [-0.05, 0) is 52.0 Å². The Morgan fingerprint density at radius 3 is 2.61 bits per heavy atom. The van der Waals surface area contributed by atoms with Gasteiger partial charge in [-0.2, -0.15) is 4.57 Å². The van der Waals surface area contributed by atoms with Crippen LogP contribution in [0.15, 0.2) is 28.6 Å². The number of nitrogens with zero attached hydrogens (tertiary/aromatic N) is 2. The van der Waals surface area contributed by atoms with Gasteiger partial charge >= 0.3 is 10.4 Å². The second-order valence-electron chi connectivity index (χ2n) is 8.44. The summed E-state index contributed by atoms with van der Waals surface area (Å²) in [6.07, 6.45) is -0.573. The molecular weight excluding hydrogens is 400 g/mol. The number of amides is 1. The summed E-state index contributed by atoms with van der Waals surface area (Å²) in [5.41, 5.74) is -0.764. The number of aryl methyl sites for hydroxylation is 1. The zero-order chi connectivity index (χ0) is 20.9. The first kappa shape index (κ1) is 21.0. The molecule has 2 heterocycles. The smallest absolute Gasteiger partial charge is 0.412 e. The number of carbonyl (C=O) groups is 1. The topological polar surface area (TPSA) is 76.8 Å². The molecule has 7 nitrogen and oxygen atoms in total. The Balaban J connectivity index is 1.91. The van der Waals surface area contributed by atoms with Gasteiger partial charge in [0.15, 0.2) is 0 Å². The maximum atomic E-state index is 13.2. The van der Waals surface area contributed by atoms with Crippen LogP contribution >= 0.6 is 11.3 Å². The summed E-state index contributed by atoms with van der Waals surface area (Å²) in [4.78, 5) is 14.1. The largest absolute Gasteiger partial charge is 0.444 e. The van der Waals surface area contributed by atoms with Crippen molar-refractivity contribution >= 4 is 37.5 Å². The molecule has 0 N–H and O–H groups in total. The SMILES string of the molecule is C[n+]1c(S(=O)(=O)CC2COC(C)(C)N2C(=O)OC(C)(C)C)sc2ccccc21. The quantitative estimate of drug-likeness (QED) is 0.704. The van der Waals surface area contributed by atoms with Gasteiger partial charge in [0.1, 0.15) is 23.1 Å². The zero-order valence-electron chi connectivity index (χ0n) is 17.1. The lowest BCUT2D eigenvalue weighted by atomic mass is 10.2. The summed E-state index contributed by atoms with van der Waals surface area (Å²) in [6, 6.07) is 6.92. The minimum absolute atomic E-state index is 0.139. The van der Waals surface area contributed by atoms with Crippen molar-refractivity contribution in [3.05, 3.63) is 24.3 Å². The van der Waals surface area contributed by atoms with Crippen molar-refractivity contribution in [1.29, 1.82) is 0 Å². The molecular formula is C19H27N2O5S2+. The molecule has 1 fully saturated rings. The van der Waals surface area contributed by atoms with E-state index < -0.39 is 33.3 Å². The van der Waals surface area contributed by atoms with Crippen LogP contribution in [0.1, 0.15) is 34.6 Å². The number of carbonyl (C=O) groups excluding carboxylic acids is 1. The van der Waals surface area contributed by atoms with Crippen molar-refractivity contribution in [2.75, 3.05) is 12.4 Å². The molecule has 1 aromatic carbocycles. The molecule has 3 rings (SSSR count). The third-order valence-electron chi connectivity index (χ3n) is 4.54. The lowest BCUT2D eigenvalue weighted by molar-refractivity contribution is -0.677. The molecule has 1 unspecified atom stereocenters. The molecule has 0 saturated carbocycles. The van der Waals surface area contributed by atoms with Crippen LogP contribution in [0.2, 0.25) is 0 Å². The molecule has 1 aromatic heterocycles. The Labute approximate surface area is 169 Å². The van der Waals surface area contributed by atoms with Crippen LogP contribution in [0.5, 0.6) is 0 Å². The highest BCUT2D eigenvalue weighted by Gasteiger charge is 2.48. The van der Waals surface area contributed by atoms with Gasteiger partial charge in [0.05, 0.1) is 18.4 Å². The van der Waals surface area contributed by atoms with Gasteiger partial charge in [-0.15, -0.1) is 0 Å². The second-order valence-corrected chi connectivity index (χ2v) is 11.7. The summed E-state index contributed by atoms with van der Waals surface area (Å²) >= 11 is 1.23. The summed E-state index contributed by atoms with van der Waals surface area (Å²) in [5.74, 6) is -0.226. The average molecular weight is 428 g/mol. The highest BCUT2D eigenvalue weighted by Crippen LogP contribution is 2.32. The predicted molar refractivity (Wildman–Crippen MR) is 107 cm³/mol. The van der Waals surface area contributed by atoms with E-state index in [1.807, 2.05) is 24.3 Å². The number of ether oxygens (including phenoxy) is 2. The number of fused-ring (bicyclic) bond motifs is 1. The summed E-state index contributed by atoms with van der Waals surface area (Å²) in [6.45, 7) is 8.94. The number of benzene rings is 1. The van der Waals surface area contributed by atoms with E-state index in [0.29, 0.717) is 0 Å². The van der Waals surface area contributed by atoms with Crippen LogP contribution in [0.25, 0.3) is 10.2 Å². The summed E-state index contributed by atoms with van der Waals surface area (Å²) in [5, 5.41) is 0. The molecule has 0 spiro atoms. The van der Waals surface area contributed by atoms with Gasteiger partial charge in [0, 0.05) is 6.07 Å². The second kappa shape index (κ2) is 6.96. The summed E-state index contributed by atoms with van der Waals surface area (Å²) < 4.78 is 40.5. The van der Waals surface area contributed by atoms with Gasteiger partial charge in [0.2, 0.25) is 15.4 Å². The number of hydrogen-bond donors (Lipinski definition) is 0. The molecule has 9 heteroatoms. The van der Waals surface area contributed by atoms with E-state index in [2.05, 4.69) is 0 Å². The van der Waals surface area contributed by atoms with E-state index in [1.165, 1.54) is 16.2 Å².